The Balaban J connectivity index is 1.68. The average Bonchev–Trinajstić information content (AvgIpc) is 2.97. The highest BCUT2D eigenvalue weighted by molar-refractivity contribution is 7.89. The van der Waals surface area contributed by atoms with Crippen molar-refractivity contribution in [1.29, 1.82) is 0 Å². The predicted molar refractivity (Wildman–Crippen MR) is 111 cm³/mol. The molecule has 1 aliphatic heterocycles. The summed E-state index contributed by atoms with van der Waals surface area (Å²) in [4.78, 5) is 0.180. The van der Waals surface area contributed by atoms with E-state index in [4.69, 9.17) is 0 Å². The monoisotopic (exact) mass is 411 g/mol. The minimum absolute atomic E-state index is 0.180. The van der Waals surface area contributed by atoms with E-state index >= 15 is 0 Å². The van der Waals surface area contributed by atoms with E-state index in [1.807, 2.05) is 36.7 Å². The number of hydrogen-bond donors (Lipinski definition) is 1. The molecule has 2 atom stereocenters. The lowest BCUT2D eigenvalue weighted by atomic mass is 9.95. The molecule has 0 saturated carbocycles. The molecule has 1 N–H and O–H groups in total. The zero-order valence-corrected chi connectivity index (χ0v) is 17.6. The molecule has 152 valence electrons. The van der Waals surface area contributed by atoms with Gasteiger partial charge in [-0.1, -0.05) is 48.5 Å². The van der Waals surface area contributed by atoms with Crippen LogP contribution in [0.5, 0.6) is 0 Å². The van der Waals surface area contributed by atoms with Crippen LogP contribution in [0.25, 0.3) is 0 Å². The molecule has 2 heterocycles. The number of aliphatic hydroxyl groups is 1. The molecule has 0 fully saturated rings. The van der Waals surface area contributed by atoms with Gasteiger partial charge in [-0.25, -0.2) is 8.42 Å². The fourth-order valence-electron chi connectivity index (χ4n) is 4.09. The first kappa shape index (κ1) is 19.8. The number of rotatable bonds is 4. The van der Waals surface area contributed by atoms with Gasteiger partial charge in [-0.2, -0.15) is 9.40 Å². The van der Waals surface area contributed by atoms with Gasteiger partial charge >= 0.3 is 0 Å². The number of hydrogen-bond acceptors (Lipinski definition) is 4. The highest BCUT2D eigenvalue weighted by Gasteiger charge is 2.41. The maximum atomic E-state index is 13.0. The highest BCUT2D eigenvalue weighted by Crippen LogP contribution is 2.37. The van der Waals surface area contributed by atoms with Crippen LogP contribution < -0.4 is 0 Å². The molecule has 29 heavy (non-hydrogen) atoms. The number of aliphatic hydroxyl groups excluding tert-OH is 1. The van der Waals surface area contributed by atoms with E-state index in [9.17, 15) is 13.5 Å². The second kappa shape index (κ2) is 7.40. The molecular formula is C22H25N3O3S. The van der Waals surface area contributed by atoms with Gasteiger partial charge in [0.25, 0.3) is 0 Å². The molecule has 0 bridgehead atoms. The van der Waals surface area contributed by atoms with Crippen molar-refractivity contribution in [3.8, 4) is 0 Å². The summed E-state index contributed by atoms with van der Waals surface area (Å²) < 4.78 is 29.2. The van der Waals surface area contributed by atoms with Crippen LogP contribution >= 0.6 is 0 Å². The van der Waals surface area contributed by atoms with E-state index in [1.165, 1.54) is 11.4 Å². The number of benzene rings is 2. The van der Waals surface area contributed by atoms with Gasteiger partial charge in [0, 0.05) is 18.3 Å². The van der Waals surface area contributed by atoms with E-state index in [2.05, 4.69) is 17.2 Å². The van der Waals surface area contributed by atoms with E-state index in [-0.39, 0.29) is 4.90 Å². The summed E-state index contributed by atoms with van der Waals surface area (Å²) in [6.45, 7) is 4.58. The Kier molecular flexibility index (Phi) is 5.06. The molecule has 4 rings (SSSR count). The Morgan fingerprint density at radius 1 is 1.03 bits per heavy atom. The van der Waals surface area contributed by atoms with Crippen LogP contribution in [-0.4, -0.2) is 40.7 Å². The number of fused-ring (bicyclic) bond motifs is 1. The molecule has 0 radical (unpaired) electrons. The van der Waals surface area contributed by atoms with Gasteiger partial charge in [-0.3, -0.25) is 4.68 Å². The summed E-state index contributed by atoms with van der Waals surface area (Å²) in [5.74, 6) is 0. The standard InChI is InChI=1S/C22H25N3O3S/c1-15-19(16(2)25(23-15)14-17-9-5-4-6-10-17)13-20-22(26)18-11-7-8-12-21(18)29(27,28)24(20)3/h4-12,20,22,26H,13-14H2,1-3H3/t20-,22-/m1/s1. The van der Waals surface area contributed by atoms with Gasteiger partial charge in [-0.15, -0.1) is 0 Å². The van der Waals surface area contributed by atoms with E-state index in [0.29, 0.717) is 18.5 Å². The Hall–Kier alpha value is -2.48. The number of aromatic nitrogens is 2. The maximum Gasteiger partial charge on any atom is 0.243 e. The Bertz CT molecular complexity index is 1140. The molecule has 0 aliphatic carbocycles. The molecule has 0 amide bonds. The molecule has 6 nitrogen and oxygen atoms in total. The number of nitrogens with zero attached hydrogens (tertiary/aromatic N) is 3. The van der Waals surface area contributed by atoms with Gasteiger partial charge < -0.3 is 5.11 Å². The predicted octanol–water partition coefficient (Wildman–Crippen LogP) is 2.83. The van der Waals surface area contributed by atoms with Gasteiger partial charge in [0.05, 0.1) is 29.3 Å². The smallest absolute Gasteiger partial charge is 0.243 e. The second-order valence-corrected chi connectivity index (χ2v) is 9.53. The lowest BCUT2D eigenvalue weighted by Crippen LogP contribution is -2.46. The minimum atomic E-state index is -3.64. The SMILES string of the molecule is Cc1nn(Cc2ccccc2)c(C)c1C[C@@H]1[C@H](O)c2ccccc2S(=O)(=O)N1C. The zero-order valence-electron chi connectivity index (χ0n) is 16.8. The summed E-state index contributed by atoms with van der Waals surface area (Å²) in [5.41, 5.74) is 4.43. The van der Waals surface area contributed by atoms with Crippen LogP contribution in [0.1, 0.15) is 34.2 Å². The number of aryl methyl sites for hydroxylation is 1. The summed E-state index contributed by atoms with van der Waals surface area (Å²) >= 11 is 0. The molecule has 0 unspecified atom stereocenters. The third-order valence-corrected chi connectivity index (χ3v) is 7.80. The molecule has 1 aliphatic rings. The Morgan fingerprint density at radius 2 is 1.69 bits per heavy atom. The lowest BCUT2D eigenvalue weighted by molar-refractivity contribution is 0.0890. The molecule has 7 heteroatoms. The lowest BCUT2D eigenvalue weighted by Gasteiger charge is -2.37. The first-order valence-corrected chi connectivity index (χ1v) is 11.1. The van der Waals surface area contributed by atoms with Gasteiger partial charge in [0.15, 0.2) is 0 Å². The van der Waals surface area contributed by atoms with Crippen LogP contribution in [-0.2, 0) is 23.0 Å². The van der Waals surface area contributed by atoms with Crippen molar-refractivity contribution in [2.45, 2.75) is 43.9 Å². The van der Waals surface area contributed by atoms with Crippen molar-refractivity contribution < 1.29 is 13.5 Å². The van der Waals surface area contributed by atoms with Crippen molar-refractivity contribution in [3.63, 3.8) is 0 Å². The summed E-state index contributed by atoms with van der Waals surface area (Å²) in [6.07, 6.45) is -0.492. The number of likely N-dealkylation sites (N-methyl/N-ethyl adjacent to an activating group) is 1. The topological polar surface area (TPSA) is 75.4 Å². The van der Waals surface area contributed by atoms with E-state index < -0.39 is 22.2 Å². The summed E-state index contributed by atoms with van der Waals surface area (Å²) in [6, 6.07) is 16.2. The molecule has 0 saturated heterocycles. The maximum absolute atomic E-state index is 13.0. The zero-order chi connectivity index (χ0) is 20.8. The molecule has 3 aromatic rings. The Labute approximate surface area is 171 Å². The summed E-state index contributed by atoms with van der Waals surface area (Å²) in [7, 11) is -2.10. The van der Waals surface area contributed by atoms with Crippen LogP contribution in [0, 0.1) is 13.8 Å². The minimum Gasteiger partial charge on any atom is -0.387 e. The third kappa shape index (κ3) is 3.39. The fraction of sp³-hybridized carbons (Fsp3) is 0.318. The first-order valence-electron chi connectivity index (χ1n) is 9.62. The second-order valence-electron chi connectivity index (χ2n) is 7.57. The third-order valence-electron chi connectivity index (χ3n) is 5.85. The van der Waals surface area contributed by atoms with Crippen LogP contribution in [0.15, 0.2) is 59.5 Å². The van der Waals surface area contributed by atoms with Crippen molar-refractivity contribution in [3.05, 3.63) is 82.7 Å². The first-order chi connectivity index (χ1) is 13.8. The van der Waals surface area contributed by atoms with Crippen molar-refractivity contribution >= 4 is 10.0 Å². The molecule has 1 aromatic heterocycles. The average molecular weight is 412 g/mol. The van der Waals surface area contributed by atoms with Crippen LogP contribution in [0.3, 0.4) is 0 Å². The van der Waals surface area contributed by atoms with E-state index in [0.717, 1.165) is 22.5 Å². The normalized spacial score (nSPS) is 21.1. The van der Waals surface area contributed by atoms with Crippen molar-refractivity contribution in [2.75, 3.05) is 7.05 Å². The summed E-state index contributed by atoms with van der Waals surface area (Å²) in [5, 5.41) is 15.6. The fourth-order valence-corrected chi connectivity index (χ4v) is 5.68. The molecule has 0 spiro atoms. The Morgan fingerprint density at radius 3 is 2.41 bits per heavy atom. The highest BCUT2D eigenvalue weighted by atomic mass is 32.2. The van der Waals surface area contributed by atoms with Crippen LogP contribution in [0.4, 0.5) is 0 Å². The number of sulfonamides is 1. The van der Waals surface area contributed by atoms with Gasteiger partial charge in [0.2, 0.25) is 10.0 Å². The van der Waals surface area contributed by atoms with E-state index in [1.54, 1.807) is 24.3 Å². The van der Waals surface area contributed by atoms with Crippen LogP contribution in [0.2, 0.25) is 0 Å². The van der Waals surface area contributed by atoms with Gasteiger partial charge in [-0.05, 0) is 37.5 Å². The largest absolute Gasteiger partial charge is 0.387 e. The molecule has 2 aromatic carbocycles. The van der Waals surface area contributed by atoms with Gasteiger partial charge in [0.1, 0.15) is 0 Å². The van der Waals surface area contributed by atoms with Crippen molar-refractivity contribution in [1.82, 2.24) is 14.1 Å². The quantitative estimate of drug-likeness (QED) is 0.716. The molecular weight excluding hydrogens is 386 g/mol. The van der Waals surface area contributed by atoms with Crippen molar-refractivity contribution in [2.24, 2.45) is 0 Å².